The molecule has 2 heteroatoms. The first-order chi connectivity index (χ1) is 5.74. The van der Waals surface area contributed by atoms with Gasteiger partial charge in [0.15, 0.2) is 0 Å². The van der Waals surface area contributed by atoms with E-state index in [1.165, 1.54) is 5.56 Å². The van der Waals surface area contributed by atoms with Crippen LogP contribution in [0.5, 0.6) is 0 Å². The van der Waals surface area contributed by atoms with E-state index in [-0.39, 0.29) is 5.54 Å². The Labute approximate surface area is 70.9 Å². The average molecular weight is 159 g/mol. The highest BCUT2D eigenvalue weighted by Crippen LogP contribution is 2.35. The first-order valence-electron chi connectivity index (χ1n) is 3.93. The second kappa shape index (κ2) is 2.29. The number of nitrogens with zero attached hydrogens (tertiary/aromatic N) is 1. The topological polar surface area (TPSA) is 29.4 Å². The summed E-state index contributed by atoms with van der Waals surface area (Å²) in [6.45, 7) is 1.96. The van der Waals surface area contributed by atoms with Crippen molar-refractivity contribution in [3.8, 4) is 0 Å². The number of rotatable bonds is 1. The van der Waals surface area contributed by atoms with Crippen LogP contribution in [0.1, 0.15) is 18.1 Å². The van der Waals surface area contributed by atoms with Crippen molar-refractivity contribution in [3.63, 3.8) is 0 Å². The first-order valence-corrected chi connectivity index (χ1v) is 3.93. The van der Waals surface area contributed by atoms with Gasteiger partial charge < -0.3 is 0 Å². The van der Waals surface area contributed by atoms with Crippen LogP contribution in [0.3, 0.4) is 0 Å². The molecule has 0 amide bonds. The summed E-state index contributed by atoms with van der Waals surface area (Å²) in [7, 11) is 0. The molecule has 0 aliphatic heterocycles. The molecule has 12 heavy (non-hydrogen) atoms. The molecular weight excluding hydrogens is 150 g/mol. The Bertz CT molecular complexity index is 366. The standard InChI is InChI=1S/C10H9NO/c1-10(11-7-12)6-8-3-2-4-9(10)5-8/h2-5H,6H2,1H3. The third-order valence-electron chi connectivity index (χ3n) is 2.39. The Morgan fingerprint density at radius 2 is 2.42 bits per heavy atom. The first kappa shape index (κ1) is 7.26. The van der Waals surface area contributed by atoms with Crippen LogP contribution >= 0.6 is 0 Å². The van der Waals surface area contributed by atoms with Crippen LogP contribution < -0.4 is 0 Å². The normalized spacial score (nSPS) is 25.1. The van der Waals surface area contributed by atoms with Crippen molar-refractivity contribution in [3.05, 3.63) is 35.4 Å². The maximum Gasteiger partial charge on any atom is 0.235 e. The van der Waals surface area contributed by atoms with E-state index in [2.05, 4.69) is 17.1 Å². The van der Waals surface area contributed by atoms with Gasteiger partial charge in [0.05, 0.1) is 5.54 Å². The summed E-state index contributed by atoms with van der Waals surface area (Å²) in [5, 5.41) is 0. The lowest BCUT2D eigenvalue weighted by Crippen LogP contribution is -2.16. The number of isocyanates is 1. The van der Waals surface area contributed by atoms with Gasteiger partial charge in [0.25, 0.3) is 0 Å². The van der Waals surface area contributed by atoms with Crippen LogP contribution in [0, 0.1) is 0 Å². The second-order valence-electron chi connectivity index (χ2n) is 3.35. The van der Waals surface area contributed by atoms with E-state index in [0.717, 1.165) is 12.0 Å². The van der Waals surface area contributed by atoms with E-state index >= 15 is 0 Å². The predicted molar refractivity (Wildman–Crippen MR) is 45.6 cm³/mol. The van der Waals surface area contributed by atoms with Crippen molar-refractivity contribution in [1.82, 2.24) is 0 Å². The van der Waals surface area contributed by atoms with Gasteiger partial charge >= 0.3 is 0 Å². The van der Waals surface area contributed by atoms with Crippen LogP contribution in [0.25, 0.3) is 0 Å². The largest absolute Gasteiger partial charge is 0.235 e. The van der Waals surface area contributed by atoms with E-state index in [1.54, 1.807) is 6.08 Å². The van der Waals surface area contributed by atoms with Gasteiger partial charge in [-0.2, -0.15) is 4.99 Å². The molecule has 0 heterocycles. The molecule has 0 N–H and O–H groups in total. The summed E-state index contributed by atoms with van der Waals surface area (Å²) in [6, 6.07) is 8.13. The quantitative estimate of drug-likeness (QED) is 0.453. The molecule has 0 saturated carbocycles. The minimum absolute atomic E-state index is 0.347. The van der Waals surface area contributed by atoms with Gasteiger partial charge in [-0.3, -0.25) is 0 Å². The fourth-order valence-corrected chi connectivity index (χ4v) is 1.72. The van der Waals surface area contributed by atoms with Crippen molar-refractivity contribution < 1.29 is 4.79 Å². The lowest BCUT2D eigenvalue weighted by molar-refractivity contribution is 0.498. The van der Waals surface area contributed by atoms with Crippen LogP contribution in [0.2, 0.25) is 0 Å². The monoisotopic (exact) mass is 159 g/mol. The fraction of sp³-hybridized carbons (Fsp3) is 0.300. The minimum Gasteiger partial charge on any atom is -0.211 e. The molecule has 0 aromatic heterocycles. The Hall–Kier alpha value is -1.40. The van der Waals surface area contributed by atoms with Crippen molar-refractivity contribution >= 4 is 6.08 Å². The molecule has 1 aromatic rings. The van der Waals surface area contributed by atoms with Crippen LogP contribution in [0.4, 0.5) is 0 Å². The van der Waals surface area contributed by atoms with E-state index < -0.39 is 0 Å². The molecule has 1 unspecified atom stereocenters. The number of fused-ring (bicyclic) bond motifs is 2. The molecule has 2 bridgehead atoms. The van der Waals surface area contributed by atoms with Gasteiger partial charge in [-0.05, 0) is 18.1 Å². The lowest BCUT2D eigenvalue weighted by Gasteiger charge is -2.15. The van der Waals surface area contributed by atoms with Gasteiger partial charge in [0, 0.05) is 6.42 Å². The zero-order valence-corrected chi connectivity index (χ0v) is 6.87. The Morgan fingerprint density at radius 3 is 3.08 bits per heavy atom. The molecule has 1 aromatic carbocycles. The van der Waals surface area contributed by atoms with Crippen molar-refractivity contribution in [2.75, 3.05) is 0 Å². The van der Waals surface area contributed by atoms with E-state index in [0.29, 0.717) is 0 Å². The smallest absolute Gasteiger partial charge is 0.211 e. The molecule has 0 saturated heterocycles. The molecule has 1 aliphatic carbocycles. The van der Waals surface area contributed by atoms with E-state index in [4.69, 9.17) is 0 Å². The number of benzene rings is 1. The maximum atomic E-state index is 10.2. The molecule has 2 rings (SSSR count). The molecular formula is C10H9NO. The highest BCUT2D eigenvalue weighted by atomic mass is 16.1. The molecule has 60 valence electrons. The van der Waals surface area contributed by atoms with Crippen LogP contribution in [0.15, 0.2) is 29.3 Å². The molecule has 0 spiro atoms. The molecule has 0 radical (unpaired) electrons. The zero-order chi connectivity index (χ0) is 8.60. The van der Waals surface area contributed by atoms with Gasteiger partial charge in [0.1, 0.15) is 0 Å². The summed E-state index contributed by atoms with van der Waals surface area (Å²) in [5.41, 5.74) is 2.01. The third kappa shape index (κ3) is 0.892. The summed E-state index contributed by atoms with van der Waals surface area (Å²) >= 11 is 0. The molecule has 1 atom stereocenters. The minimum atomic E-state index is -0.347. The van der Waals surface area contributed by atoms with Crippen LogP contribution in [-0.2, 0) is 16.8 Å². The zero-order valence-electron chi connectivity index (χ0n) is 6.87. The number of hydrogen-bond acceptors (Lipinski definition) is 2. The fourth-order valence-electron chi connectivity index (χ4n) is 1.72. The highest BCUT2D eigenvalue weighted by molar-refractivity contribution is 5.43. The summed E-state index contributed by atoms with van der Waals surface area (Å²) in [6.07, 6.45) is 2.46. The SMILES string of the molecule is CC1(N=C=O)Cc2cccc1c2. The maximum absolute atomic E-state index is 10.2. The van der Waals surface area contributed by atoms with Crippen molar-refractivity contribution in [1.29, 1.82) is 0 Å². The lowest BCUT2D eigenvalue weighted by atomic mass is 9.97. The molecule has 0 fully saturated rings. The Balaban J connectivity index is 2.52. The Kier molecular flexibility index (Phi) is 1.39. The highest BCUT2D eigenvalue weighted by Gasteiger charge is 2.31. The second-order valence-corrected chi connectivity index (χ2v) is 3.35. The van der Waals surface area contributed by atoms with Gasteiger partial charge in [-0.15, -0.1) is 0 Å². The Morgan fingerprint density at radius 1 is 1.58 bits per heavy atom. The summed E-state index contributed by atoms with van der Waals surface area (Å²) < 4.78 is 0. The van der Waals surface area contributed by atoms with E-state index in [9.17, 15) is 4.79 Å². The van der Waals surface area contributed by atoms with Crippen molar-refractivity contribution in [2.45, 2.75) is 18.9 Å². The average Bonchev–Trinajstić information content (AvgIpc) is 2.24. The number of aliphatic imine (C=N–C) groups is 1. The summed E-state index contributed by atoms with van der Waals surface area (Å²) in [5.74, 6) is 0. The number of carbonyl (C=O) groups excluding carboxylic acids is 1. The number of hydrogen-bond donors (Lipinski definition) is 0. The third-order valence-corrected chi connectivity index (χ3v) is 2.39. The van der Waals surface area contributed by atoms with Crippen LogP contribution in [-0.4, -0.2) is 6.08 Å². The van der Waals surface area contributed by atoms with Crippen molar-refractivity contribution in [2.24, 2.45) is 4.99 Å². The predicted octanol–water partition coefficient (Wildman–Crippen LogP) is 1.79. The molecule has 2 nitrogen and oxygen atoms in total. The molecule has 1 aliphatic rings. The van der Waals surface area contributed by atoms with Gasteiger partial charge in [-0.25, -0.2) is 4.79 Å². The van der Waals surface area contributed by atoms with E-state index in [1.807, 2.05) is 19.1 Å². The summed E-state index contributed by atoms with van der Waals surface area (Å²) in [4.78, 5) is 14.0. The van der Waals surface area contributed by atoms with Gasteiger partial charge in [-0.1, -0.05) is 24.3 Å². The van der Waals surface area contributed by atoms with Gasteiger partial charge in [0.2, 0.25) is 6.08 Å².